The lowest BCUT2D eigenvalue weighted by atomic mass is 10.2. The summed E-state index contributed by atoms with van der Waals surface area (Å²) < 4.78 is 0. The average Bonchev–Trinajstić information content (AvgIpc) is 2.36. The Bertz CT molecular complexity index is 431. The molecule has 19 heavy (non-hydrogen) atoms. The molecule has 1 rings (SSSR count). The van der Waals surface area contributed by atoms with E-state index in [1.54, 1.807) is 12.1 Å². The number of hydrogen-bond donors (Lipinski definition) is 3. The summed E-state index contributed by atoms with van der Waals surface area (Å²) >= 11 is 0. The number of hydrogen-bond acceptors (Lipinski definition) is 5. The molecule has 1 atom stereocenters. The van der Waals surface area contributed by atoms with Gasteiger partial charge in [-0.2, -0.15) is 0 Å². The molecule has 0 unspecified atom stereocenters. The highest BCUT2D eigenvalue weighted by Crippen LogP contribution is 2.18. The number of aliphatic hydroxyl groups excluding tert-OH is 1. The Hall–Kier alpha value is -2.15. The second kappa shape index (κ2) is 6.69. The van der Waals surface area contributed by atoms with E-state index in [4.69, 9.17) is 11.5 Å². The first-order valence-electron chi connectivity index (χ1n) is 5.89. The fraction of sp³-hybridized carbons (Fsp3) is 0.417. The van der Waals surface area contributed by atoms with Crippen molar-refractivity contribution < 1.29 is 14.7 Å². The number of pyridine rings is 1. The van der Waals surface area contributed by atoms with Crippen molar-refractivity contribution in [2.45, 2.75) is 19.4 Å². The van der Waals surface area contributed by atoms with E-state index in [1.165, 1.54) is 11.1 Å². The molecule has 1 heterocycles. The second-order valence-electron chi connectivity index (χ2n) is 4.15. The van der Waals surface area contributed by atoms with E-state index >= 15 is 0 Å². The van der Waals surface area contributed by atoms with Gasteiger partial charge in [0, 0.05) is 0 Å². The zero-order valence-electron chi connectivity index (χ0n) is 10.7. The molecule has 0 aliphatic carbocycles. The summed E-state index contributed by atoms with van der Waals surface area (Å²) in [6.45, 7) is 1.59. The molecule has 0 aliphatic rings. The summed E-state index contributed by atoms with van der Waals surface area (Å²) in [6.07, 6.45) is 1.40. The van der Waals surface area contributed by atoms with E-state index in [0.29, 0.717) is 17.8 Å². The van der Waals surface area contributed by atoms with Crippen LogP contribution in [0.25, 0.3) is 0 Å². The summed E-state index contributed by atoms with van der Waals surface area (Å²) in [4.78, 5) is 27.4. The van der Waals surface area contributed by atoms with E-state index in [1.807, 2.05) is 6.92 Å². The number of anilines is 1. The van der Waals surface area contributed by atoms with Crippen LogP contribution in [0.3, 0.4) is 0 Å². The zero-order chi connectivity index (χ0) is 14.4. The molecule has 1 aromatic rings. The van der Waals surface area contributed by atoms with Crippen LogP contribution in [0.2, 0.25) is 0 Å². The molecule has 0 aliphatic heterocycles. The first kappa shape index (κ1) is 14.9. The highest BCUT2D eigenvalue weighted by molar-refractivity contribution is 5.84. The molecule has 0 saturated heterocycles. The summed E-state index contributed by atoms with van der Waals surface area (Å²) in [6, 6.07) is 3.30. The SMILES string of the molecule is CC[C@@H](O)c1ccc(N(CC(N)=O)CC(N)=O)cn1. The van der Waals surface area contributed by atoms with E-state index in [2.05, 4.69) is 4.98 Å². The normalized spacial score (nSPS) is 11.9. The lowest BCUT2D eigenvalue weighted by molar-refractivity contribution is -0.117. The minimum atomic E-state index is -0.630. The van der Waals surface area contributed by atoms with Gasteiger partial charge in [-0.1, -0.05) is 6.92 Å². The molecule has 0 saturated carbocycles. The Morgan fingerprint density at radius 2 is 1.89 bits per heavy atom. The van der Waals surface area contributed by atoms with Crippen LogP contribution < -0.4 is 16.4 Å². The molecule has 0 fully saturated rings. The van der Waals surface area contributed by atoms with Crippen molar-refractivity contribution in [2.75, 3.05) is 18.0 Å². The predicted molar refractivity (Wildman–Crippen MR) is 70.1 cm³/mol. The van der Waals surface area contributed by atoms with Crippen molar-refractivity contribution in [3.8, 4) is 0 Å². The van der Waals surface area contributed by atoms with Crippen LogP contribution in [0.15, 0.2) is 18.3 Å². The third-order valence-electron chi connectivity index (χ3n) is 2.56. The summed E-state index contributed by atoms with van der Waals surface area (Å²) in [7, 11) is 0. The summed E-state index contributed by atoms with van der Waals surface area (Å²) in [5, 5.41) is 9.63. The van der Waals surface area contributed by atoms with E-state index in [0.717, 1.165) is 0 Å². The van der Waals surface area contributed by atoms with Crippen LogP contribution in [0.4, 0.5) is 5.69 Å². The number of carbonyl (C=O) groups excluding carboxylic acids is 2. The van der Waals surface area contributed by atoms with Gasteiger partial charge in [0.2, 0.25) is 11.8 Å². The molecule has 0 aromatic carbocycles. The van der Waals surface area contributed by atoms with Crippen molar-refractivity contribution in [3.05, 3.63) is 24.0 Å². The largest absolute Gasteiger partial charge is 0.387 e. The Morgan fingerprint density at radius 3 is 2.26 bits per heavy atom. The Morgan fingerprint density at radius 1 is 1.32 bits per heavy atom. The highest BCUT2D eigenvalue weighted by atomic mass is 16.3. The quantitative estimate of drug-likeness (QED) is 0.602. The monoisotopic (exact) mass is 266 g/mol. The van der Waals surface area contributed by atoms with Crippen molar-refractivity contribution in [2.24, 2.45) is 11.5 Å². The number of aromatic nitrogens is 1. The van der Waals surface area contributed by atoms with Crippen LogP contribution >= 0.6 is 0 Å². The molecule has 7 nitrogen and oxygen atoms in total. The maximum absolute atomic E-state index is 11.0. The number of primary amides is 2. The smallest absolute Gasteiger partial charge is 0.236 e. The van der Waals surface area contributed by atoms with Crippen LogP contribution in [0.5, 0.6) is 0 Å². The second-order valence-corrected chi connectivity index (χ2v) is 4.15. The third-order valence-corrected chi connectivity index (χ3v) is 2.56. The molecule has 5 N–H and O–H groups in total. The van der Waals surface area contributed by atoms with E-state index in [-0.39, 0.29) is 13.1 Å². The minimum absolute atomic E-state index is 0.125. The number of nitrogens with zero attached hydrogens (tertiary/aromatic N) is 2. The molecule has 0 radical (unpaired) electrons. The molecule has 7 heteroatoms. The van der Waals surface area contributed by atoms with Gasteiger partial charge in [0.25, 0.3) is 0 Å². The Kier molecular flexibility index (Phi) is 5.25. The molecule has 2 amide bonds. The fourth-order valence-electron chi connectivity index (χ4n) is 1.61. The highest BCUT2D eigenvalue weighted by Gasteiger charge is 2.13. The molecule has 1 aromatic heterocycles. The van der Waals surface area contributed by atoms with Gasteiger partial charge in [-0.05, 0) is 18.6 Å². The number of carbonyl (C=O) groups is 2. The van der Waals surface area contributed by atoms with Crippen LogP contribution in [-0.4, -0.2) is 35.0 Å². The van der Waals surface area contributed by atoms with Gasteiger partial charge in [-0.25, -0.2) is 0 Å². The van der Waals surface area contributed by atoms with Gasteiger partial charge >= 0.3 is 0 Å². The van der Waals surface area contributed by atoms with Crippen molar-refractivity contribution in [1.29, 1.82) is 0 Å². The van der Waals surface area contributed by atoms with Crippen LogP contribution in [0, 0.1) is 0 Å². The summed E-state index contributed by atoms with van der Waals surface area (Å²) in [5.41, 5.74) is 11.3. The first-order chi connectivity index (χ1) is 8.93. The topological polar surface area (TPSA) is 123 Å². The van der Waals surface area contributed by atoms with Gasteiger partial charge in [-0.3, -0.25) is 14.6 Å². The predicted octanol–water partition coefficient (Wildman–Crippen LogP) is -0.698. The van der Waals surface area contributed by atoms with Gasteiger partial charge in [0.05, 0.1) is 36.8 Å². The molecule has 0 bridgehead atoms. The van der Waals surface area contributed by atoms with Gasteiger partial charge in [0.15, 0.2) is 0 Å². The number of rotatable bonds is 7. The molecule has 0 spiro atoms. The number of nitrogens with two attached hydrogens (primary N) is 2. The molecular formula is C12H18N4O3. The Balaban J connectivity index is 2.89. The van der Waals surface area contributed by atoms with E-state index < -0.39 is 17.9 Å². The third kappa shape index (κ3) is 4.55. The Labute approximate surface area is 111 Å². The average molecular weight is 266 g/mol. The number of amides is 2. The van der Waals surface area contributed by atoms with Crippen LogP contribution in [0.1, 0.15) is 25.1 Å². The van der Waals surface area contributed by atoms with Gasteiger partial charge in [0.1, 0.15) is 0 Å². The van der Waals surface area contributed by atoms with Crippen molar-refractivity contribution in [3.63, 3.8) is 0 Å². The van der Waals surface area contributed by atoms with Crippen molar-refractivity contribution in [1.82, 2.24) is 4.98 Å². The van der Waals surface area contributed by atoms with Crippen LogP contribution in [-0.2, 0) is 9.59 Å². The van der Waals surface area contributed by atoms with Gasteiger partial charge < -0.3 is 21.5 Å². The number of aliphatic hydroxyl groups is 1. The standard InChI is InChI=1S/C12H18N4O3/c1-2-10(17)9-4-3-8(5-15-9)16(6-11(13)18)7-12(14)19/h3-5,10,17H,2,6-7H2,1H3,(H2,13,18)(H2,14,19)/t10-/m1/s1. The van der Waals surface area contributed by atoms with Crippen molar-refractivity contribution >= 4 is 17.5 Å². The maximum atomic E-state index is 11.0. The fourth-order valence-corrected chi connectivity index (χ4v) is 1.61. The lowest BCUT2D eigenvalue weighted by Crippen LogP contribution is -2.39. The first-order valence-corrected chi connectivity index (χ1v) is 5.89. The molecular weight excluding hydrogens is 248 g/mol. The summed E-state index contributed by atoms with van der Waals surface area (Å²) in [5.74, 6) is -1.14. The maximum Gasteiger partial charge on any atom is 0.236 e. The van der Waals surface area contributed by atoms with E-state index in [9.17, 15) is 14.7 Å². The lowest BCUT2D eigenvalue weighted by Gasteiger charge is -2.21. The minimum Gasteiger partial charge on any atom is -0.387 e. The van der Waals surface area contributed by atoms with Gasteiger partial charge in [-0.15, -0.1) is 0 Å². The zero-order valence-corrected chi connectivity index (χ0v) is 10.7. The molecule has 104 valence electrons.